The highest BCUT2D eigenvalue weighted by Gasteiger charge is 2.33. The van der Waals surface area contributed by atoms with Gasteiger partial charge in [0.05, 0.1) is 13.2 Å². The molecule has 0 aromatic heterocycles. The summed E-state index contributed by atoms with van der Waals surface area (Å²) in [5, 5.41) is 9.06. The van der Waals surface area contributed by atoms with Crippen LogP contribution in [-0.4, -0.2) is 11.7 Å². The van der Waals surface area contributed by atoms with Crippen LogP contribution in [0.5, 0.6) is 5.75 Å². The largest absolute Gasteiger partial charge is 0.493 e. The Labute approximate surface area is 99.5 Å². The highest BCUT2D eigenvalue weighted by atomic mass is 19.3. The number of aliphatic hydroxyl groups excluding tert-OH is 1. The van der Waals surface area contributed by atoms with Gasteiger partial charge in [-0.2, -0.15) is 8.78 Å². The Morgan fingerprint density at radius 2 is 2.12 bits per heavy atom. The first-order valence-corrected chi connectivity index (χ1v) is 5.34. The first-order chi connectivity index (χ1) is 7.93. The maximum atomic E-state index is 13.7. The van der Waals surface area contributed by atoms with Crippen molar-refractivity contribution in [1.82, 2.24) is 0 Å². The third-order valence-electron chi connectivity index (χ3n) is 2.44. The lowest BCUT2D eigenvalue weighted by molar-refractivity contribution is 0.0382. The highest BCUT2D eigenvalue weighted by Crippen LogP contribution is 2.37. The molecule has 0 aliphatic carbocycles. The molecule has 0 unspecified atom stereocenters. The number of ether oxygens (including phenoxy) is 1. The predicted molar refractivity (Wildman–Crippen MR) is 62.2 cm³/mol. The number of aliphatic hydroxyl groups is 1. The lowest BCUT2D eigenvalue weighted by Gasteiger charge is -2.18. The lowest BCUT2D eigenvalue weighted by atomic mass is 10.0. The number of allylic oxidation sites excluding steroid dienone is 1. The maximum Gasteiger partial charge on any atom is 0.294 e. The molecule has 0 bridgehead atoms. The van der Waals surface area contributed by atoms with Crippen LogP contribution < -0.4 is 4.74 Å². The van der Waals surface area contributed by atoms with Crippen LogP contribution in [0.3, 0.4) is 0 Å². The standard InChI is InChI=1S/C13H16F2O2/c1-4-17-12-7-11(6-5-10(12)8-16)13(14,15)9(2)3/h5-7,16H,2,4,8H2,1,3H3. The van der Waals surface area contributed by atoms with Crippen LogP contribution in [0.2, 0.25) is 0 Å². The second-order valence-electron chi connectivity index (χ2n) is 3.77. The fourth-order valence-corrected chi connectivity index (χ4v) is 1.42. The zero-order valence-electron chi connectivity index (χ0n) is 9.96. The Kier molecular flexibility index (Phi) is 4.23. The number of alkyl halides is 2. The van der Waals surface area contributed by atoms with E-state index >= 15 is 0 Å². The molecule has 0 fully saturated rings. The minimum Gasteiger partial charge on any atom is -0.493 e. The minimum atomic E-state index is -3.08. The van der Waals surface area contributed by atoms with Gasteiger partial charge in [0, 0.05) is 11.1 Å². The number of hydrogen-bond donors (Lipinski definition) is 1. The van der Waals surface area contributed by atoms with Gasteiger partial charge in [0.1, 0.15) is 5.75 Å². The number of rotatable bonds is 5. The van der Waals surface area contributed by atoms with Crippen molar-refractivity contribution in [2.24, 2.45) is 0 Å². The molecule has 0 heterocycles. The van der Waals surface area contributed by atoms with Gasteiger partial charge in [0.2, 0.25) is 0 Å². The van der Waals surface area contributed by atoms with Gasteiger partial charge in [-0.15, -0.1) is 0 Å². The Hall–Kier alpha value is -1.42. The van der Waals surface area contributed by atoms with E-state index in [0.29, 0.717) is 12.2 Å². The molecular formula is C13H16F2O2. The molecule has 1 aromatic carbocycles. The molecule has 4 heteroatoms. The van der Waals surface area contributed by atoms with Crippen molar-refractivity contribution >= 4 is 0 Å². The van der Waals surface area contributed by atoms with Crippen LogP contribution in [0.25, 0.3) is 0 Å². The topological polar surface area (TPSA) is 29.5 Å². The fraction of sp³-hybridized carbons (Fsp3) is 0.385. The molecule has 2 nitrogen and oxygen atoms in total. The monoisotopic (exact) mass is 242 g/mol. The summed E-state index contributed by atoms with van der Waals surface area (Å²) < 4.78 is 32.7. The maximum absolute atomic E-state index is 13.7. The van der Waals surface area contributed by atoms with Crippen LogP contribution in [-0.2, 0) is 12.5 Å². The molecule has 0 spiro atoms. The summed E-state index contributed by atoms with van der Waals surface area (Å²) in [6.07, 6.45) is 0. The van der Waals surface area contributed by atoms with E-state index in [2.05, 4.69) is 6.58 Å². The van der Waals surface area contributed by atoms with Gasteiger partial charge >= 0.3 is 0 Å². The van der Waals surface area contributed by atoms with Crippen LogP contribution in [0.15, 0.2) is 30.4 Å². The smallest absolute Gasteiger partial charge is 0.294 e. The summed E-state index contributed by atoms with van der Waals surface area (Å²) in [5.74, 6) is -2.80. The van der Waals surface area contributed by atoms with Crippen molar-refractivity contribution in [3.05, 3.63) is 41.5 Å². The fourth-order valence-electron chi connectivity index (χ4n) is 1.42. The van der Waals surface area contributed by atoms with E-state index in [1.807, 2.05) is 0 Å². The molecule has 0 aliphatic rings. The Morgan fingerprint density at radius 3 is 2.59 bits per heavy atom. The summed E-state index contributed by atoms with van der Waals surface area (Å²) in [6.45, 7) is 6.43. The minimum absolute atomic E-state index is 0.175. The summed E-state index contributed by atoms with van der Waals surface area (Å²) in [7, 11) is 0. The normalized spacial score (nSPS) is 11.4. The van der Waals surface area contributed by atoms with Gasteiger partial charge in [0.25, 0.3) is 5.92 Å². The summed E-state index contributed by atoms with van der Waals surface area (Å²) in [4.78, 5) is 0. The molecule has 0 saturated carbocycles. The van der Waals surface area contributed by atoms with Gasteiger partial charge in [-0.1, -0.05) is 18.7 Å². The van der Waals surface area contributed by atoms with E-state index in [0.717, 1.165) is 0 Å². The van der Waals surface area contributed by atoms with Crippen molar-refractivity contribution in [1.29, 1.82) is 0 Å². The predicted octanol–water partition coefficient (Wildman–Crippen LogP) is 3.25. The number of benzene rings is 1. The molecule has 0 atom stereocenters. The molecule has 1 N–H and O–H groups in total. The third-order valence-corrected chi connectivity index (χ3v) is 2.44. The second kappa shape index (κ2) is 5.27. The molecule has 0 aliphatic heterocycles. The highest BCUT2D eigenvalue weighted by molar-refractivity contribution is 5.41. The van der Waals surface area contributed by atoms with Crippen molar-refractivity contribution in [3.63, 3.8) is 0 Å². The van der Waals surface area contributed by atoms with Crippen molar-refractivity contribution in [2.75, 3.05) is 6.61 Å². The molecule has 1 rings (SSSR count). The third kappa shape index (κ3) is 2.82. The zero-order chi connectivity index (χ0) is 13.1. The molecule has 1 aromatic rings. The molecule has 0 amide bonds. The van der Waals surface area contributed by atoms with Gasteiger partial charge < -0.3 is 9.84 Å². The first-order valence-electron chi connectivity index (χ1n) is 5.34. The van der Waals surface area contributed by atoms with Crippen molar-refractivity contribution in [3.8, 4) is 5.75 Å². The van der Waals surface area contributed by atoms with E-state index < -0.39 is 5.92 Å². The summed E-state index contributed by atoms with van der Waals surface area (Å²) in [6, 6.07) is 3.98. The van der Waals surface area contributed by atoms with E-state index in [9.17, 15) is 8.78 Å². The van der Waals surface area contributed by atoms with E-state index in [1.54, 1.807) is 6.92 Å². The van der Waals surface area contributed by atoms with Gasteiger partial charge in [0.15, 0.2) is 0 Å². The van der Waals surface area contributed by atoms with Crippen LogP contribution in [0.4, 0.5) is 8.78 Å². The summed E-state index contributed by atoms with van der Waals surface area (Å²) >= 11 is 0. The molecule has 17 heavy (non-hydrogen) atoms. The second-order valence-corrected chi connectivity index (χ2v) is 3.77. The van der Waals surface area contributed by atoms with Crippen LogP contribution in [0, 0.1) is 0 Å². The quantitative estimate of drug-likeness (QED) is 0.803. The Morgan fingerprint density at radius 1 is 1.47 bits per heavy atom. The zero-order valence-corrected chi connectivity index (χ0v) is 9.96. The summed E-state index contributed by atoms with van der Waals surface area (Å²) in [5.41, 5.74) is 0.0930. The van der Waals surface area contributed by atoms with E-state index in [1.165, 1.54) is 25.1 Å². The van der Waals surface area contributed by atoms with Crippen molar-refractivity contribution < 1.29 is 18.6 Å². The Balaban J connectivity index is 3.20. The SMILES string of the molecule is C=C(C)C(F)(F)c1ccc(CO)c(OCC)c1. The van der Waals surface area contributed by atoms with Gasteiger partial charge in [-0.3, -0.25) is 0 Å². The molecule has 0 radical (unpaired) electrons. The average Bonchev–Trinajstić information content (AvgIpc) is 2.29. The number of hydrogen-bond acceptors (Lipinski definition) is 2. The average molecular weight is 242 g/mol. The van der Waals surface area contributed by atoms with Crippen LogP contribution in [0.1, 0.15) is 25.0 Å². The molecule has 94 valence electrons. The van der Waals surface area contributed by atoms with E-state index in [-0.39, 0.29) is 23.5 Å². The van der Waals surface area contributed by atoms with Gasteiger partial charge in [-0.25, -0.2) is 0 Å². The van der Waals surface area contributed by atoms with Crippen molar-refractivity contribution in [2.45, 2.75) is 26.4 Å². The molecule has 0 saturated heterocycles. The number of halogens is 2. The van der Waals surface area contributed by atoms with Gasteiger partial charge in [-0.05, 0) is 25.5 Å². The lowest BCUT2D eigenvalue weighted by Crippen LogP contribution is -2.14. The first kappa shape index (κ1) is 13.6. The molecular weight excluding hydrogens is 226 g/mol. The van der Waals surface area contributed by atoms with E-state index in [4.69, 9.17) is 9.84 Å². The Bertz CT molecular complexity index is 414. The van der Waals surface area contributed by atoms with Crippen LogP contribution >= 0.6 is 0 Å².